The van der Waals surface area contributed by atoms with Crippen molar-refractivity contribution in [3.63, 3.8) is 0 Å². The molecule has 0 spiro atoms. The van der Waals surface area contributed by atoms with Crippen LogP contribution in [-0.2, 0) is 28.9 Å². The van der Waals surface area contributed by atoms with Crippen molar-refractivity contribution < 1.29 is 33.4 Å². The highest BCUT2D eigenvalue weighted by Crippen LogP contribution is 2.25. The molecule has 0 bridgehead atoms. The third-order valence-electron chi connectivity index (χ3n) is 7.36. The molecule has 1 saturated carbocycles. The van der Waals surface area contributed by atoms with E-state index in [-0.39, 0.29) is 31.0 Å². The summed E-state index contributed by atoms with van der Waals surface area (Å²) in [5.41, 5.74) is 3.64. The number of amides is 2. The fourth-order valence-electron chi connectivity index (χ4n) is 5.12. The number of carbonyl (C=O) groups excluding carboxylic acids is 2. The van der Waals surface area contributed by atoms with Crippen LogP contribution in [0.15, 0.2) is 46.9 Å². The molecule has 230 valence electrons. The van der Waals surface area contributed by atoms with Crippen LogP contribution in [-0.4, -0.2) is 46.8 Å². The lowest BCUT2D eigenvalue weighted by Crippen LogP contribution is -2.36. The summed E-state index contributed by atoms with van der Waals surface area (Å²) in [7, 11) is 0. The number of aliphatic carboxylic acids is 1. The van der Waals surface area contributed by atoms with Gasteiger partial charge in [0.2, 0.25) is 5.89 Å². The highest BCUT2D eigenvalue weighted by Gasteiger charge is 2.18. The van der Waals surface area contributed by atoms with E-state index >= 15 is 0 Å². The Kier molecular flexibility index (Phi) is 11.2. The SMILES string of the molecule is Cc1oc(-c2cccc(C(=O)NC3CCCCC3)c2)nc1CCOc1ccc(CCC(=O)O)c(CNC(=O)OC(C)C)c1. The minimum Gasteiger partial charge on any atom is -0.493 e. The minimum absolute atomic E-state index is 0.0223. The molecule has 3 N–H and O–H groups in total. The molecule has 1 aliphatic rings. The van der Waals surface area contributed by atoms with Gasteiger partial charge in [0, 0.05) is 36.6 Å². The zero-order valence-electron chi connectivity index (χ0n) is 25.1. The Morgan fingerprint density at radius 3 is 2.58 bits per heavy atom. The number of aryl methyl sites for hydroxylation is 2. The topological polar surface area (TPSA) is 140 Å². The first-order valence-corrected chi connectivity index (χ1v) is 15.0. The van der Waals surface area contributed by atoms with Gasteiger partial charge < -0.3 is 29.6 Å². The van der Waals surface area contributed by atoms with Crippen molar-refractivity contribution in [1.29, 1.82) is 0 Å². The van der Waals surface area contributed by atoms with Crippen molar-refractivity contribution in [2.75, 3.05) is 6.61 Å². The molecule has 43 heavy (non-hydrogen) atoms. The third-order valence-corrected chi connectivity index (χ3v) is 7.36. The molecule has 1 aliphatic carbocycles. The molecular weight excluding hydrogens is 550 g/mol. The third kappa shape index (κ3) is 9.59. The highest BCUT2D eigenvalue weighted by atomic mass is 16.6. The molecule has 1 fully saturated rings. The van der Waals surface area contributed by atoms with Crippen LogP contribution in [0.25, 0.3) is 11.5 Å². The van der Waals surface area contributed by atoms with Gasteiger partial charge >= 0.3 is 12.1 Å². The number of hydrogen-bond acceptors (Lipinski definition) is 7. The highest BCUT2D eigenvalue weighted by molar-refractivity contribution is 5.95. The Hall–Kier alpha value is -4.34. The molecule has 2 aromatic carbocycles. The van der Waals surface area contributed by atoms with Crippen molar-refractivity contribution in [2.24, 2.45) is 0 Å². The minimum atomic E-state index is -0.893. The van der Waals surface area contributed by atoms with Crippen LogP contribution in [0.3, 0.4) is 0 Å². The Morgan fingerprint density at radius 2 is 1.84 bits per heavy atom. The lowest BCUT2D eigenvalue weighted by atomic mass is 9.95. The second-order valence-electron chi connectivity index (χ2n) is 11.1. The van der Waals surface area contributed by atoms with Gasteiger partial charge in [-0.15, -0.1) is 0 Å². The summed E-state index contributed by atoms with van der Waals surface area (Å²) in [5, 5.41) is 15.0. The second kappa shape index (κ2) is 15.2. The van der Waals surface area contributed by atoms with E-state index < -0.39 is 12.1 Å². The van der Waals surface area contributed by atoms with E-state index in [1.807, 2.05) is 31.2 Å². The summed E-state index contributed by atoms with van der Waals surface area (Å²) >= 11 is 0. The van der Waals surface area contributed by atoms with Crippen LogP contribution in [0.2, 0.25) is 0 Å². The van der Waals surface area contributed by atoms with E-state index in [4.69, 9.17) is 19.0 Å². The lowest BCUT2D eigenvalue weighted by molar-refractivity contribution is -0.136. The van der Waals surface area contributed by atoms with E-state index in [9.17, 15) is 14.4 Å². The standard InChI is InChI=1S/C33H41N3O7/c1-21(2)42-33(40)34-20-26-19-28(14-12-23(26)13-15-30(37)38)41-17-16-29-22(3)43-32(36-29)25-9-7-8-24(18-25)31(39)35-27-10-5-4-6-11-27/h7-9,12,14,18-19,21,27H,4-6,10-11,13,15-17,20H2,1-3H3,(H,34,40)(H,35,39)(H,37,38). The number of carbonyl (C=O) groups is 3. The monoisotopic (exact) mass is 591 g/mol. The number of ether oxygens (including phenoxy) is 2. The number of rotatable bonds is 13. The first-order valence-electron chi connectivity index (χ1n) is 15.0. The Labute approximate surface area is 252 Å². The Bertz CT molecular complexity index is 1410. The summed E-state index contributed by atoms with van der Waals surface area (Å²) in [6, 6.07) is 13.0. The molecule has 0 saturated heterocycles. The fraction of sp³-hybridized carbons (Fsp3) is 0.455. The van der Waals surface area contributed by atoms with Gasteiger partial charge in [-0.05, 0) is 81.5 Å². The molecule has 10 heteroatoms. The van der Waals surface area contributed by atoms with Crippen LogP contribution in [0.5, 0.6) is 5.75 Å². The summed E-state index contributed by atoms with van der Waals surface area (Å²) in [6.07, 6.45) is 5.58. The number of nitrogens with one attached hydrogen (secondary N) is 2. The molecule has 2 amide bonds. The first-order chi connectivity index (χ1) is 20.7. The normalized spacial score (nSPS) is 13.5. The molecule has 4 rings (SSSR count). The van der Waals surface area contributed by atoms with Crippen LogP contribution in [0, 0.1) is 6.92 Å². The Morgan fingerprint density at radius 1 is 1.05 bits per heavy atom. The van der Waals surface area contributed by atoms with Crippen molar-refractivity contribution >= 4 is 18.0 Å². The van der Waals surface area contributed by atoms with Crippen molar-refractivity contribution in [2.45, 2.75) is 90.8 Å². The fourth-order valence-corrected chi connectivity index (χ4v) is 5.12. The van der Waals surface area contributed by atoms with Gasteiger partial charge in [0.15, 0.2) is 0 Å². The zero-order valence-corrected chi connectivity index (χ0v) is 25.1. The number of nitrogens with zero attached hydrogens (tertiary/aromatic N) is 1. The maximum Gasteiger partial charge on any atom is 0.407 e. The molecule has 0 atom stereocenters. The second-order valence-corrected chi connectivity index (χ2v) is 11.1. The summed E-state index contributed by atoms with van der Waals surface area (Å²) in [4.78, 5) is 40.6. The smallest absolute Gasteiger partial charge is 0.407 e. The molecule has 1 heterocycles. The molecule has 0 radical (unpaired) electrons. The number of benzene rings is 2. The van der Waals surface area contributed by atoms with Gasteiger partial charge in [-0.3, -0.25) is 9.59 Å². The van der Waals surface area contributed by atoms with Crippen LogP contribution in [0.4, 0.5) is 4.79 Å². The number of carboxylic acids is 1. The number of oxazole rings is 1. The molecule has 0 aliphatic heterocycles. The molecule has 0 unspecified atom stereocenters. The van der Waals surface area contributed by atoms with Crippen LogP contribution < -0.4 is 15.4 Å². The zero-order chi connectivity index (χ0) is 30.8. The molecule has 3 aromatic rings. The molecule has 1 aromatic heterocycles. The maximum atomic E-state index is 12.8. The summed E-state index contributed by atoms with van der Waals surface area (Å²) in [5.74, 6) is 0.741. The summed E-state index contributed by atoms with van der Waals surface area (Å²) in [6.45, 7) is 5.89. The average Bonchev–Trinajstić information content (AvgIpc) is 3.35. The van der Waals surface area contributed by atoms with Gasteiger partial charge in [0.05, 0.1) is 18.4 Å². The van der Waals surface area contributed by atoms with Gasteiger partial charge in [-0.1, -0.05) is 31.4 Å². The van der Waals surface area contributed by atoms with E-state index in [2.05, 4.69) is 15.6 Å². The van der Waals surface area contributed by atoms with Gasteiger partial charge in [0.1, 0.15) is 11.5 Å². The largest absolute Gasteiger partial charge is 0.493 e. The number of hydrogen-bond donors (Lipinski definition) is 3. The predicted octanol–water partition coefficient (Wildman–Crippen LogP) is 5.99. The first kappa shape index (κ1) is 31.6. The van der Waals surface area contributed by atoms with Gasteiger partial charge in [-0.25, -0.2) is 9.78 Å². The van der Waals surface area contributed by atoms with E-state index in [0.29, 0.717) is 42.4 Å². The van der Waals surface area contributed by atoms with Gasteiger partial charge in [-0.2, -0.15) is 0 Å². The Balaban J connectivity index is 1.37. The van der Waals surface area contributed by atoms with E-state index in [1.165, 1.54) is 6.42 Å². The summed E-state index contributed by atoms with van der Waals surface area (Å²) < 4.78 is 17.1. The van der Waals surface area contributed by atoms with Gasteiger partial charge in [0.25, 0.3) is 5.91 Å². The van der Waals surface area contributed by atoms with Crippen LogP contribution in [0.1, 0.15) is 85.3 Å². The van der Waals surface area contributed by atoms with Crippen molar-refractivity contribution in [3.8, 4) is 17.2 Å². The number of aromatic nitrogens is 1. The van der Waals surface area contributed by atoms with Crippen molar-refractivity contribution in [3.05, 3.63) is 70.6 Å². The quantitative estimate of drug-likeness (QED) is 0.220. The van der Waals surface area contributed by atoms with E-state index in [1.54, 1.807) is 32.0 Å². The number of alkyl carbamates (subject to hydrolysis) is 1. The maximum absolute atomic E-state index is 12.8. The van der Waals surface area contributed by atoms with Crippen molar-refractivity contribution in [1.82, 2.24) is 15.6 Å². The lowest BCUT2D eigenvalue weighted by Gasteiger charge is -2.22. The van der Waals surface area contributed by atoms with Crippen LogP contribution >= 0.6 is 0 Å². The predicted molar refractivity (Wildman–Crippen MR) is 161 cm³/mol. The number of carboxylic acid groups (broad SMARTS) is 1. The average molecular weight is 592 g/mol. The van der Waals surface area contributed by atoms with E-state index in [0.717, 1.165) is 48.1 Å². The molecular formula is C33H41N3O7. The molecule has 10 nitrogen and oxygen atoms in total.